The normalized spacial score (nSPS) is 19.2. The van der Waals surface area contributed by atoms with E-state index in [1.807, 2.05) is 0 Å². The van der Waals surface area contributed by atoms with Gasteiger partial charge in [-0.2, -0.15) is 0 Å². The molecule has 0 saturated carbocycles. The van der Waals surface area contributed by atoms with Crippen molar-refractivity contribution in [3.8, 4) is 5.75 Å². The summed E-state index contributed by atoms with van der Waals surface area (Å²) in [5.74, 6) is -2.07. The van der Waals surface area contributed by atoms with Crippen LogP contribution in [0.15, 0.2) is 48.5 Å². The van der Waals surface area contributed by atoms with E-state index < -0.39 is 29.7 Å². The predicted octanol–water partition coefficient (Wildman–Crippen LogP) is 2.16. The standard InChI is InChI=1S/C19H17FN2O4S/c20-14-5-3-13(4-6-14)19(11-16(24)25)17(26)21-18(27)22(19)10-9-12-1-7-15(23)8-2-12/h1-8,23H,9-11H2,(H,24,25)(H,21,26,27). The van der Waals surface area contributed by atoms with Crippen molar-refractivity contribution in [3.63, 3.8) is 0 Å². The number of nitrogens with one attached hydrogen (secondary N) is 1. The summed E-state index contributed by atoms with van der Waals surface area (Å²) < 4.78 is 13.4. The molecule has 1 unspecified atom stereocenters. The molecule has 1 aliphatic rings. The molecule has 3 rings (SSSR count). The molecule has 0 aliphatic carbocycles. The van der Waals surface area contributed by atoms with E-state index in [1.165, 1.54) is 24.3 Å². The molecule has 2 aromatic carbocycles. The van der Waals surface area contributed by atoms with Crippen LogP contribution in [0.5, 0.6) is 5.75 Å². The van der Waals surface area contributed by atoms with Crippen LogP contribution in [0.2, 0.25) is 0 Å². The summed E-state index contributed by atoms with van der Waals surface area (Å²) in [5.41, 5.74) is -0.305. The van der Waals surface area contributed by atoms with E-state index in [2.05, 4.69) is 5.32 Å². The number of aliphatic carboxylic acids is 1. The van der Waals surface area contributed by atoms with Gasteiger partial charge in [-0.1, -0.05) is 24.3 Å². The largest absolute Gasteiger partial charge is 0.508 e. The van der Waals surface area contributed by atoms with Crippen LogP contribution in [0.3, 0.4) is 0 Å². The van der Waals surface area contributed by atoms with Crippen LogP contribution in [0.1, 0.15) is 17.5 Å². The lowest BCUT2D eigenvalue weighted by atomic mass is 9.85. The third-order valence-electron chi connectivity index (χ3n) is 4.59. The summed E-state index contributed by atoms with van der Waals surface area (Å²) in [7, 11) is 0. The second-order valence-corrected chi connectivity index (χ2v) is 6.65. The fourth-order valence-electron chi connectivity index (χ4n) is 3.27. The number of carbonyl (C=O) groups is 2. The molecule has 0 spiro atoms. The molecular formula is C19H17FN2O4S. The Hall–Kier alpha value is -3.00. The Labute approximate surface area is 160 Å². The van der Waals surface area contributed by atoms with Gasteiger partial charge in [0.2, 0.25) is 0 Å². The third kappa shape index (κ3) is 3.61. The number of thiocarbonyl (C=S) groups is 1. The van der Waals surface area contributed by atoms with E-state index in [4.69, 9.17) is 12.2 Å². The summed E-state index contributed by atoms with van der Waals surface area (Å²) in [5, 5.41) is 21.5. The fourth-order valence-corrected chi connectivity index (χ4v) is 3.61. The number of amides is 1. The number of benzene rings is 2. The van der Waals surface area contributed by atoms with Gasteiger partial charge in [0.15, 0.2) is 10.7 Å². The summed E-state index contributed by atoms with van der Waals surface area (Å²) in [6.45, 7) is 0.271. The summed E-state index contributed by atoms with van der Waals surface area (Å²) in [4.78, 5) is 25.9. The number of phenolic OH excluding ortho intramolecular Hbond substituents is 1. The lowest BCUT2D eigenvalue weighted by molar-refractivity contribution is -0.144. The van der Waals surface area contributed by atoms with E-state index in [-0.39, 0.29) is 17.4 Å². The van der Waals surface area contributed by atoms with Crippen molar-refractivity contribution in [2.75, 3.05) is 6.54 Å². The molecule has 0 aromatic heterocycles. The molecular weight excluding hydrogens is 371 g/mol. The fraction of sp³-hybridized carbons (Fsp3) is 0.211. The van der Waals surface area contributed by atoms with Gasteiger partial charge in [0.25, 0.3) is 5.91 Å². The average molecular weight is 388 g/mol. The molecule has 0 bridgehead atoms. The van der Waals surface area contributed by atoms with E-state index in [9.17, 15) is 24.2 Å². The molecule has 6 nitrogen and oxygen atoms in total. The molecule has 1 fully saturated rings. The van der Waals surface area contributed by atoms with Crippen LogP contribution in [0.4, 0.5) is 4.39 Å². The van der Waals surface area contributed by atoms with Crippen LogP contribution in [-0.2, 0) is 21.5 Å². The first-order chi connectivity index (χ1) is 12.8. The molecule has 1 amide bonds. The summed E-state index contributed by atoms with van der Waals surface area (Å²) in [6.07, 6.45) is -0.0435. The molecule has 3 N–H and O–H groups in total. The zero-order chi connectivity index (χ0) is 19.6. The smallest absolute Gasteiger partial charge is 0.306 e. The first kappa shape index (κ1) is 18.8. The highest BCUT2D eigenvalue weighted by molar-refractivity contribution is 7.80. The second kappa shape index (κ2) is 7.32. The van der Waals surface area contributed by atoms with Crippen LogP contribution in [-0.4, -0.2) is 38.6 Å². The van der Waals surface area contributed by atoms with Crippen molar-refractivity contribution in [1.82, 2.24) is 10.2 Å². The van der Waals surface area contributed by atoms with Crippen molar-refractivity contribution in [2.45, 2.75) is 18.4 Å². The van der Waals surface area contributed by atoms with Crippen LogP contribution in [0, 0.1) is 5.82 Å². The maximum atomic E-state index is 13.4. The molecule has 140 valence electrons. The molecule has 1 atom stereocenters. The van der Waals surface area contributed by atoms with Crippen molar-refractivity contribution < 1.29 is 24.2 Å². The van der Waals surface area contributed by atoms with E-state index >= 15 is 0 Å². The van der Waals surface area contributed by atoms with Gasteiger partial charge in [-0.15, -0.1) is 0 Å². The number of carbonyl (C=O) groups excluding carboxylic acids is 1. The summed E-state index contributed by atoms with van der Waals surface area (Å²) in [6, 6.07) is 11.7. The minimum Gasteiger partial charge on any atom is -0.508 e. The number of halogens is 1. The maximum absolute atomic E-state index is 13.4. The molecule has 8 heteroatoms. The molecule has 1 saturated heterocycles. The number of aromatic hydroxyl groups is 1. The number of carboxylic acids is 1. The number of hydrogen-bond donors (Lipinski definition) is 3. The molecule has 2 aromatic rings. The second-order valence-electron chi connectivity index (χ2n) is 6.27. The van der Waals surface area contributed by atoms with Gasteiger partial charge in [0, 0.05) is 6.54 Å². The number of carboxylic acid groups (broad SMARTS) is 1. The van der Waals surface area contributed by atoms with Gasteiger partial charge in [-0.3, -0.25) is 9.59 Å². The van der Waals surface area contributed by atoms with Gasteiger partial charge < -0.3 is 20.4 Å². The van der Waals surface area contributed by atoms with Gasteiger partial charge >= 0.3 is 5.97 Å². The summed E-state index contributed by atoms with van der Waals surface area (Å²) >= 11 is 5.27. The highest BCUT2D eigenvalue weighted by atomic mass is 32.1. The number of nitrogens with zero attached hydrogens (tertiary/aromatic N) is 1. The van der Waals surface area contributed by atoms with E-state index in [0.717, 1.165) is 5.56 Å². The molecule has 27 heavy (non-hydrogen) atoms. The monoisotopic (exact) mass is 388 g/mol. The first-order valence-electron chi connectivity index (χ1n) is 8.22. The predicted molar refractivity (Wildman–Crippen MR) is 99.6 cm³/mol. The van der Waals surface area contributed by atoms with Gasteiger partial charge in [-0.25, -0.2) is 4.39 Å². The van der Waals surface area contributed by atoms with Crippen molar-refractivity contribution in [2.24, 2.45) is 0 Å². The maximum Gasteiger partial charge on any atom is 0.306 e. The van der Waals surface area contributed by atoms with Crippen molar-refractivity contribution in [3.05, 3.63) is 65.5 Å². The first-order valence-corrected chi connectivity index (χ1v) is 8.62. The molecule has 0 radical (unpaired) electrons. The Morgan fingerprint density at radius 3 is 2.37 bits per heavy atom. The molecule has 1 heterocycles. The van der Waals surface area contributed by atoms with Crippen molar-refractivity contribution in [1.29, 1.82) is 0 Å². The lowest BCUT2D eigenvalue weighted by Gasteiger charge is -2.36. The van der Waals surface area contributed by atoms with Crippen LogP contribution >= 0.6 is 12.2 Å². The van der Waals surface area contributed by atoms with E-state index in [1.54, 1.807) is 29.2 Å². The SMILES string of the molecule is O=C(O)CC1(c2ccc(F)cc2)C(=O)NC(=S)N1CCc1ccc(O)cc1. The third-order valence-corrected chi connectivity index (χ3v) is 4.91. The minimum atomic E-state index is -1.55. The Balaban J connectivity index is 1.98. The van der Waals surface area contributed by atoms with Crippen molar-refractivity contribution >= 4 is 29.2 Å². The number of hydrogen-bond acceptors (Lipinski definition) is 4. The van der Waals surface area contributed by atoms with Crippen LogP contribution < -0.4 is 5.32 Å². The molecule has 1 aliphatic heterocycles. The Morgan fingerprint density at radius 1 is 1.15 bits per heavy atom. The Bertz CT molecular complexity index is 886. The zero-order valence-electron chi connectivity index (χ0n) is 14.2. The number of rotatable bonds is 6. The van der Waals surface area contributed by atoms with Gasteiger partial charge in [0.1, 0.15) is 11.6 Å². The lowest BCUT2D eigenvalue weighted by Crippen LogP contribution is -2.49. The van der Waals surface area contributed by atoms with E-state index in [0.29, 0.717) is 12.0 Å². The highest BCUT2D eigenvalue weighted by Crippen LogP contribution is 2.37. The van der Waals surface area contributed by atoms with Crippen LogP contribution in [0.25, 0.3) is 0 Å². The average Bonchev–Trinajstić information content (AvgIpc) is 2.85. The minimum absolute atomic E-state index is 0.129. The Morgan fingerprint density at radius 2 is 1.78 bits per heavy atom. The number of phenols is 1. The highest BCUT2D eigenvalue weighted by Gasteiger charge is 2.53. The zero-order valence-corrected chi connectivity index (χ0v) is 15.0. The quantitative estimate of drug-likeness (QED) is 0.657. The van der Waals surface area contributed by atoms with Gasteiger partial charge in [-0.05, 0) is 54.0 Å². The topological polar surface area (TPSA) is 89.9 Å². The van der Waals surface area contributed by atoms with Gasteiger partial charge in [0.05, 0.1) is 6.42 Å². The Kier molecular flexibility index (Phi) is 5.09.